The minimum atomic E-state index is -3.02. The van der Waals surface area contributed by atoms with Crippen LogP contribution >= 0.6 is 22.2 Å². The van der Waals surface area contributed by atoms with Gasteiger partial charge in [0.25, 0.3) is 0 Å². The van der Waals surface area contributed by atoms with Gasteiger partial charge in [-0.1, -0.05) is 82.8 Å². The first-order valence-corrected chi connectivity index (χ1v) is 13.2. The van der Waals surface area contributed by atoms with Crippen molar-refractivity contribution in [3.63, 3.8) is 0 Å². The van der Waals surface area contributed by atoms with Crippen molar-refractivity contribution in [2.45, 2.75) is 52.6 Å². The highest BCUT2D eigenvalue weighted by Gasteiger charge is 2.59. The average Bonchev–Trinajstić information content (AvgIpc) is 2.84. The SMILES string of the molecule is CC(C)(C)N1C(c2ccccc2)=C(c2ccccc2)N(C(C)(C)C)[Si]1(Cl)Cl. The van der Waals surface area contributed by atoms with Gasteiger partial charge >= 0.3 is 7.02 Å². The van der Waals surface area contributed by atoms with Crippen LogP contribution in [0.5, 0.6) is 0 Å². The van der Waals surface area contributed by atoms with Gasteiger partial charge in [0.05, 0.1) is 11.4 Å². The van der Waals surface area contributed by atoms with Crippen molar-refractivity contribution in [1.82, 2.24) is 9.13 Å². The van der Waals surface area contributed by atoms with Crippen LogP contribution in [0.1, 0.15) is 52.7 Å². The van der Waals surface area contributed by atoms with Crippen molar-refractivity contribution in [2.75, 3.05) is 0 Å². The van der Waals surface area contributed by atoms with Gasteiger partial charge in [-0.05, 0) is 52.7 Å². The van der Waals surface area contributed by atoms with Crippen LogP contribution in [0.15, 0.2) is 60.7 Å². The molecular weight excluding hydrogens is 391 g/mol. The summed E-state index contributed by atoms with van der Waals surface area (Å²) < 4.78 is 4.54. The van der Waals surface area contributed by atoms with Gasteiger partial charge in [-0.2, -0.15) is 0 Å². The fraction of sp³-hybridized carbons (Fsp3) is 0.364. The maximum Gasteiger partial charge on any atom is 0.470 e. The van der Waals surface area contributed by atoms with Gasteiger partial charge in [0.1, 0.15) is 0 Å². The quantitative estimate of drug-likeness (QED) is 0.398. The molecule has 0 aromatic heterocycles. The lowest BCUT2D eigenvalue weighted by atomic mass is 9.99. The van der Waals surface area contributed by atoms with E-state index in [0.29, 0.717) is 0 Å². The lowest BCUT2D eigenvalue weighted by Crippen LogP contribution is -2.62. The third-order valence-corrected chi connectivity index (χ3v) is 9.54. The summed E-state index contributed by atoms with van der Waals surface area (Å²) in [6.45, 7) is 13.1. The number of hydrogen-bond acceptors (Lipinski definition) is 2. The number of hydrogen-bond donors (Lipinski definition) is 0. The fourth-order valence-corrected chi connectivity index (χ4v) is 10.7. The van der Waals surface area contributed by atoms with Crippen molar-refractivity contribution in [3.8, 4) is 0 Å². The van der Waals surface area contributed by atoms with Crippen LogP contribution in [-0.4, -0.2) is 27.2 Å². The van der Waals surface area contributed by atoms with Crippen molar-refractivity contribution in [1.29, 1.82) is 0 Å². The van der Waals surface area contributed by atoms with E-state index in [0.717, 1.165) is 22.5 Å². The molecule has 0 N–H and O–H groups in total. The molecule has 0 spiro atoms. The zero-order valence-corrected chi connectivity index (χ0v) is 19.4. The Kier molecular flexibility index (Phi) is 5.17. The molecule has 1 aliphatic rings. The molecule has 0 fully saturated rings. The molecule has 3 rings (SSSR count). The Morgan fingerprint density at radius 3 is 1.15 bits per heavy atom. The third kappa shape index (κ3) is 3.65. The van der Waals surface area contributed by atoms with E-state index in [9.17, 15) is 0 Å². The Balaban J connectivity index is 2.42. The van der Waals surface area contributed by atoms with Gasteiger partial charge in [-0.15, -0.1) is 0 Å². The molecule has 0 saturated heterocycles. The van der Waals surface area contributed by atoms with Crippen LogP contribution in [0, 0.1) is 0 Å². The molecule has 0 radical (unpaired) electrons. The van der Waals surface area contributed by atoms with Gasteiger partial charge in [0, 0.05) is 11.1 Å². The Morgan fingerprint density at radius 1 is 0.593 bits per heavy atom. The molecule has 0 bridgehead atoms. The summed E-state index contributed by atoms with van der Waals surface area (Å²) in [5.41, 5.74) is 4.05. The van der Waals surface area contributed by atoms with E-state index >= 15 is 0 Å². The molecule has 1 heterocycles. The predicted molar refractivity (Wildman–Crippen MR) is 120 cm³/mol. The first kappa shape index (κ1) is 20.3. The third-order valence-electron chi connectivity index (χ3n) is 4.65. The molecule has 144 valence electrons. The highest BCUT2D eigenvalue weighted by Crippen LogP contribution is 2.53. The summed E-state index contributed by atoms with van der Waals surface area (Å²) >= 11 is 14.5. The van der Waals surface area contributed by atoms with E-state index in [1.807, 2.05) is 12.1 Å². The van der Waals surface area contributed by atoms with E-state index in [2.05, 4.69) is 99.2 Å². The van der Waals surface area contributed by atoms with Gasteiger partial charge in [-0.25, -0.2) is 0 Å². The van der Waals surface area contributed by atoms with E-state index in [-0.39, 0.29) is 11.1 Å². The second-order valence-electron chi connectivity index (χ2n) is 8.95. The molecule has 2 aromatic rings. The maximum absolute atomic E-state index is 7.27. The number of nitrogens with zero attached hydrogens (tertiary/aromatic N) is 2. The normalized spacial score (nSPS) is 17.6. The lowest BCUT2D eigenvalue weighted by Gasteiger charge is -2.47. The molecule has 0 amide bonds. The second-order valence-corrected chi connectivity index (χ2v) is 14.6. The van der Waals surface area contributed by atoms with Crippen LogP contribution in [0.25, 0.3) is 11.4 Å². The summed E-state index contributed by atoms with van der Waals surface area (Å²) in [5.74, 6) is 0. The molecule has 0 saturated carbocycles. The van der Waals surface area contributed by atoms with Gasteiger partial charge in [-0.3, -0.25) is 0 Å². The summed E-state index contributed by atoms with van der Waals surface area (Å²) in [5, 5.41) is 0. The zero-order chi connectivity index (χ0) is 20.0. The number of rotatable bonds is 2. The van der Waals surface area contributed by atoms with E-state index in [4.69, 9.17) is 22.2 Å². The van der Waals surface area contributed by atoms with E-state index in [1.165, 1.54) is 0 Å². The Labute approximate surface area is 174 Å². The molecule has 5 heteroatoms. The fourth-order valence-electron chi connectivity index (χ4n) is 3.78. The number of halogens is 2. The second kappa shape index (κ2) is 6.88. The van der Waals surface area contributed by atoms with Crippen LogP contribution in [-0.2, 0) is 0 Å². The minimum Gasteiger partial charge on any atom is -0.350 e. The first-order chi connectivity index (χ1) is 12.5. The van der Waals surface area contributed by atoms with Crippen LogP contribution < -0.4 is 0 Å². The van der Waals surface area contributed by atoms with Crippen molar-refractivity contribution in [2.24, 2.45) is 0 Å². The highest BCUT2D eigenvalue weighted by molar-refractivity contribution is 7.43. The minimum absolute atomic E-state index is 0.221. The summed E-state index contributed by atoms with van der Waals surface area (Å²) in [7, 11) is -3.02. The molecule has 2 nitrogen and oxygen atoms in total. The average molecular weight is 419 g/mol. The monoisotopic (exact) mass is 418 g/mol. The highest BCUT2D eigenvalue weighted by atomic mass is 35.7. The molecule has 0 unspecified atom stereocenters. The van der Waals surface area contributed by atoms with Crippen LogP contribution in [0.2, 0.25) is 0 Å². The Hall–Kier alpha value is -1.42. The molecule has 1 aliphatic heterocycles. The molecule has 0 atom stereocenters. The maximum atomic E-state index is 7.27. The lowest BCUT2D eigenvalue weighted by molar-refractivity contribution is 0.295. The van der Waals surface area contributed by atoms with Gasteiger partial charge in [0.2, 0.25) is 0 Å². The topological polar surface area (TPSA) is 6.48 Å². The van der Waals surface area contributed by atoms with Crippen LogP contribution in [0.4, 0.5) is 0 Å². The Morgan fingerprint density at radius 2 is 0.889 bits per heavy atom. The van der Waals surface area contributed by atoms with E-state index < -0.39 is 7.02 Å². The standard InChI is InChI=1S/C22H28Cl2N2Si/c1-21(2,3)25-19(17-13-9-7-10-14-17)20(18-15-11-8-12-16-18)26(22(4,5)6)27(25,23)24/h7-16H,1-6H3. The summed E-state index contributed by atoms with van der Waals surface area (Å²) in [6.07, 6.45) is 0. The smallest absolute Gasteiger partial charge is 0.350 e. The largest absolute Gasteiger partial charge is 0.470 e. The number of benzene rings is 2. The van der Waals surface area contributed by atoms with Crippen LogP contribution in [0.3, 0.4) is 0 Å². The Bertz CT molecular complexity index is 765. The van der Waals surface area contributed by atoms with Gasteiger partial charge in [0.15, 0.2) is 0 Å². The summed E-state index contributed by atoms with van der Waals surface area (Å²) in [4.78, 5) is 0. The predicted octanol–water partition coefficient (Wildman–Crippen LogP) is 6.64. The van der Waals surface area contributed by atoms with Gasteiger partial charge < -0.3 is 9.13 Å². The summed E-state index contributed by atoms with van der Waals surface area (Å²) in [6, 6.07) is 20.9. The molecule has 0 aliphatic carbocycles. The van der Waals surface area contributed by atoms with E-state index in [1.54, 1.807) is 0 Å². The zero-order valence-electron chi connectivity index (χ0n) is 16.9. The van der Waals surface area contributed by atoms with Crippen molar-refractivity contribution >= 4 is 40.6 Å². The molecular formula is C22H28Cl2N2Si. The van der Waals surface area contributed by atoms with Crippen molar-refractivity contribution in [3.05, 3.63) is 71.8 Å². The first-order valence-electron chi connectivity index (χ1n) is 9.29. The molecule has 27 heavy (non-hydrogen) atoms. The molecule has 2 aromatic carbocycles. The van der Waals surface area contributed by atoms with Crippen molar-refractivity contribution < 1.29 is 0 Å².